The maximum atomic E-state index is 15.3. The van der Waals surface area contributed by atoms with Crippen molar-refractivity contribution < 1.29 is 14.6 Å². The minimum absolute atomic E-state index is 0.210. The largest absolute Gasteiger partial charge is 0.632 e. The van der Waals surface area contributed by atoms with Gasteiger partial charge in [-0.25, -0.2) is 4.39 Å². The highest BCUT2D eigenvalue weighted by Gasteiger charge is 2.33. The first-order valence-electron chi connectivity index (χ1n) is 9.29. The molecule has 1 aromatic rings. The van der Waals surface area contributed by atoms with Crippen LogP contribution in [0.1, 0.15) is 38.2 Å². The van der Waals surface area contributed by atoms with Gasteiger partial charge in [-0.1, -0.05) is 12.2 Å². The average molecular weight is 484 g/mol. The predicted molar refractivity (Wildman–Crippen MR) is 115 cm³/mol. The van der Waals surface area contributed by atoms with E-state index in [-0.39, 0.29) is 10.8 Å². The molecule has 1 aromatic carbocycles. The van der Waals surface area contributed by atoms with Gasteiger partial charge in [-0.3, -0.25) is 0 Å². The van der Waals surface area contributed by atoms with Crippen molar-refractivity contribution in [2.75, 3.05) is 11.9 Å². The van der Waals surface area contributed by atoms with E-state index in [9.17, 15) is 10.3 Å². The Hall–Kier alpha value is -1.22. The minimum atomic E-state index is -1.25. The summed E-state index contributed by atoms with van der Waals surface area (Å²) in [4.78, 5) is 0. The first-order chi connectivity index (χ1) is 12.8. The van der Waals surface area contributed by atoms with Gasteiger partial charge in [0.2, 0.25) is 6.23 Å². The van der Waals surface area contributed by atoms with Crippen LogP contribution in [0, 0.1) is 21.6 Å². The lowest BCUT2D eigenvalue weighted by Crippen LogP contribution is -3.12. The molecule has 1 saturated carbocycles. The SMILES string of the molecule is C=C(C)C1=C(F)C(Nc2ccc(I)cc2C)=C(C(O)[NH+]([O-])CC2CC2)CC1. The van der Waals surface area contributed by atoms with Crippen LogP contribution in [-0.4, -0.2) is 17.9 Å². The van der Waals surface area contributed by atoms with Crippen LogP contribution in [-0.2, 0) is 0 Å². The summed E-state index contributed by atoms with van der Waals surface area (Å²) in [6.07, 6.45) is 1.71. The quantitative estimate of drug-likeness (QED) is 0.312. The summed E-state index contributed by atoms with van der Waals surface area (Å²) in [5.41, 5.74) is 3.63. The van der Waals surface area contributed by atoms with Crippen molar-refractivity contribution in [2.45, 2.75) is 45.8 Å². The molecule has 0 aromatic heterocycles. The summed E-state index contributed by atoms with van der Waals surface area (Å²) < 4.78 is 16.4. The molecule has 2 unspecified atom stereocenters. The second-order valence-corrected chi connectivity index (χ2v) is 8.82. The van der Waals surface area contributed by atoms with Crippen LogP contribution in [0.5, 0.6) is 0 Å². The zero-order valence-corrected chi connectivity index (χ0v) is 17.9. The van der Waals surface area contributed by atoms with Crippen LogP contribution in [0.4, 0.5) is 10.1 Å². The lowest BCUT2D eigenvalue weighted by molar-refractivity contribution is -0.895. The third-order valence-electron chi connectivity index (χ3n) is 5.24. The zero-order valence-electron chi connectivity index (χ0n) is 15.7. The fourth-order valence-corrected chi connectivity index (χ4v) is 4.06. The van der Waals surface area contributed by atoms with Crippen molar-refractivity contribution in [1.82, 2.24) is 0 Å². The van der Waals surface area contributed by atoms with Crippen molar-refractivity contribution >= 4 is 28.3 Å². The van der Waals surface area contributed by atoms with Crippen LogP contribution in [0.3, 0.4) is 0 Å². The maximum Gasteiger partial charge on any atom is 0.214 e. The van der Waals surface area contributed by atoms with Crippen LogP contribution >= 0.6 is 22.6 Å². The summed E-state index contributed by atoms with van der Waals surface area (Å²) in [5, 5.41) is 26.1. The molecule has 3 rings (SSSR count). The highest BCUT2D eigenvalue weighted by atomic mass is 127. The molecule has 0 saturated heterocycles. The Morgan fingerprint density at radius 3 is 2.74 bits per heavy atom. The van der Waals surface area contributed by atoms with E-state index in [0.717, 1.165) is 27.7 Å². The van der Waals surface area contributed by atoms with Gasteiger partial charge in [-0.05, 0) is 91.5 Å². The number of aryl methyl sites for hydroxylation is 1. The molecule has 0 aliphatic heterocycles. The van der Waals surface area contributed by atoms with Crippen LogP contribution in [0.25, 0.3) is 0 Å². The smallest absolute Gasteiger partial charge is 0.214 e. The van der Waals surface area contributed by atoms with E-state index in [1.165, 1.54) is 0 Å². The number of hydrogen-bond acceptors (Lipinski definition) is 3. The molecular formula is C21H26FIN2O2. The molecule has 0 heterocycles. The standard InChI is InChI=1S/C21H26FIN2O2/c1-12(2)16-7-8-17(21(26)25(27)11-14-4-5-14)20(19(16)22)24-18-9-6-15(23)10-13(18)3/h6,9-10,14,21,24-26H,1,4-5,7-8,11H2,2-3H3. The first kappa shape index (κ1) is 20.5. The number of hydrogen-bond donors (Lipinski definition) is 3. The van der Waals surface area contributed by atoms with E-state index in [0.29, 0.717) is 42.0 Å². The van der Waals surface area contributed by atoms with E-state index in [2.05, 4.69) is 34.5 Å². The van der Waals surface area contributed by atoms with Crippen LogP contribution < -0.4 is 10.4 Å². The maximum absolute atomic E-state index is 15.3. The number of quaternary nitrogens is 1. The number of halogens is 2. The number of benzene rings is 1. The molecule has 3 N–H and O–H groups in total. The average Bonchev–Trinajstić information content (AvgIpc) is 3.41. The summed E-state index contributed by atoms with van der Waals surface area (Å²) in [6, 6.07) is 5.83. The summed E-state index contributed by atoms with van der Waals surface area (Å²) >= 11 is 2.23. The molecular weight excluding hydrogens is 458 g/mol. The number of hydroxylamine groups is 2. The van der Waals surface area contributed by atoms with E-state index in [1.54, 1.807) is 6.92 Å². The Kier molecular flexibility index (Phi) is 6.40. The normalized spacial score (nSPS) is 19.9. The van der Waals surface area contributed by atoms with Gasteiger partial charge in [0.1, 0.15) is 5.83 Å². The Bertz CT molecular complexity index is 814. The van der Waals surface area contributed by atoms with E-state index in [4.69, 9.17) is 0 Å². The van der Waals surface area contributed by atoms with Gasteiger partial charge in [-0.2, -0.15) is 0 Å². The van der Waals surface area contributed by atoms with Gasteiger partial charge in [0.15, 0.2) is 0 Å². The van der Waals surface area contributed by atoms with E-state index < -0.39 is 12.1 Å². The van der Waals surface area contributed by atoms with Gasteiger partial charge in [0.05, 0.1) is 12.2 Å². The number of aliphatic hydroxyl groups is 1. The second-order valence-electron chi connectivity index (χ2n) is 7.57. The van der Waals surface area contributed by atoms with Crippen molar-refractivity contribution in [1.29, 1.82) is 0 Å². The zero-order chi connectivity index (χ0) is 19.7. The van der Waals surface area contributed by atoms with Crippen molar-refractivity contribution in [2.24, 2.45) is 5.92 Å². The fraction of sp³-hybridized carbons (Fsp3) is 0.429. The number of rotatable bonds is 7. The molecule has 2 aliphatic carbocycles. The molecule has 0 radical (unpaired) electrons. The molecule has 0 amide bonds. The van der Waals surface area contributed by atoms with Crippen LogP contribution in [0.15, 0.2) is 53.0 Å². The monoisotopic (exact) mass is 484 g/mol. The molecule has 2 aliphatic rings. The topological polar surface area (TPSA) is 59.8 Å². The van der Waals surface area contributed by atoms with E-state index in [1.807, 2.05) is 25.1 Å². The molecule has 0 spiro atoms. The van der Waals surface area contributed by atoms with Gasteiger partial charge in [0, 0.05) is 20.7 Å². The summed E-state index contributed by atoms with van der Waals surface area (Å²) in [7, 11) is 0. The number of allylic oxidation sites excluding steroid dienone is 3. The molecule has 27 heavy (non-hydrogen) atoms. The number of nitrogens with one attached hydrogen (secondary N) is 2. The highest BCUT2D eigenvalue weighted by molar-refractivity contribution is 14.1. The van der Waals surface area contributed by atoms with Gasteiger partial charge < -0.3 is 20.7 Å². The molecule has 0 bridgehead atoms. The third-order valence-corrected chi connectivity index (χ3v) is 5.91. The van der Waals surface area contributed by atoms with Crippen LogP contribution in [0.2, 0.25) is 0 Å². The second kappa shape index (κ2) is 8.43. The Morgan fingerprint density at radius 2 is 2.15 bits per heavy atom. The Balaban J connectivity index is 1.98. The summed E-state index contributed by atoms with van der Waals surface area (Å²) in [6.45, 7) is 7.98. The molecule has 146 valence electrons. The van der Waals surface area contributed by atoms with Crippen molar-refractivity contribution in [3.8, 4) is 0 Å². The van der Waals surface area contributed by atoms with E-state index >= 15 is 4.39 Å². The van der Waals surface area contributed by atoms with Crippen molar-refractivity contribution in [3.63, 3.8) is 0 Å². The van der Waals surface area contributed by atoms with Crippen molar-refractivity contribution in [3.05, 3.63) is 67.4 Å². The molecule has 1 fully saturated rings. The number of aliphatic hydroxyl groups excluding tert-OH is 1. The lowest BCUT2D eigenvalue weighted by atomic mass is 9.90. The predicted octanol–water partition coefficient (Wildman–Crippen LogP) is 3.97. The number of anilines is 1. The summed E-state index contributed by atoms with van der Waals surface area (Å²) in [5.74, 6) is -0.0301. The third kappa shape index (κ3) is 4.80. The first-order valence-corrected chi connectivity index (χ1v) is 10.4. The minimum Gasteiger partial charge on any atom is -0.632 e. The lowest BCUT2D eigenvalue weighted by Gasteiger charge is -2.33. The highest BCUT2D eigenvalue weighted by Crippen LogP contribution is 2.36. The molecule has 4 nitrogen and oxygen atoms in total. The molecule has 6 heteroatoms. The van der Waals surface area contributed by atoms with Gasteiger partial charge in [0.25, 0.3) is 0 Å². The van der Waals surface area contributed by atoms with Gasteiger partial charge in [-0.15, -0.1) is 0 Å². The Labute approximate surface area is 173 Å². The Morgan fingerprint density at radius 1 is 1.44 bits per heavy atom. The van der Waals surface area contributed by atoms with Gasteiger partial charge >= 0.3 is 0 Å². The molecule has 2 atom stereocenters. The fourth-order valence-electron chi connectivity index (χ4n) is 3.41.